The first-order valence-corrected chi connectivity index (χ1v) is 8.31. The Hall–Kier alpha value is -1.10. The molecular weight excluding hydrogens is 320 g/mol. The molecular formula is C15H21BrN2O2. The second kappa shape index (κ2) is 7.07. The molecule has 0 atom stereocenters. The summed E-state index contributed by atoms with van der Waals surface area (Å²) in [5, 5.41) is 11.5. The number of non-ortho nitro benzene ring substituents is 1. The van der Waals surface area contributed by atoms with Gasteiger partial charge in [-0.3, -0.25) is 10.1 Å². The van der Waals surface area contributed by atoms with Crippen LogP contribution in [-0.4, -0.2) is 18.0 Å². The zero-order chi connectivity index (χ0) is 14.5. The second-order valence-corrected chi connectivity index (χ2v) is 6.02. The number of alkyl halides is 1. The van der Waals surface area contributed by atoms with Gasteiger partial charge in [-0.2, -0.15) is 0 Å². The van der Waals surface area contributed by atoms with Crippen molar-refractivity contribution < 1.29 is 4.92 Å². The molecule has 5 heteroatoms. The molecule has 1 aliphatic carbocycles. The van der Waals surface area contributed by atoms with E-state index in [4.69, 9.17) is 0 Å². The van der Waals surface area contributed by atoms with Crippen LogP contribution in [-0.2, 0) is 5.33 Å². The number of hydrogen-bond acceptors (Lipinski definition) is 3. The summed E-state index contributed by atoms with van der Waals surface area (Å²) in [5.41, 5.74) is 2.27. The lowest BCUT2D eigenvalue weighted by atomic mass is 10.0. The summed E-state index contributed by atoms with van der Waals surface area (Å²) in [6.07, 6.45) is 7.66. The van der Waals surface area contributed by atoms with Crippen LogP contribution in [0.1, 0.15) is 44.1 Å². The monoisotopic (exact) mass is 340 g/mol. The molecule has 0 bridgehead atoms. The Morgan fingerprint density at radius 3 is 2.50 bits per heavy atom. The van der Waals surface area contributed by atoms with E-state index in [0.29, 0.717) is 11.4 Å². The molecule has 1 aliphatic rings. The van der Waals surface area contributed by atoms with Gasteiger partial charge >= 0.3 is 0 Å². The smallest absolute Gasteiger partial charge is 0.269 e. The summed E-state index contributed by atoms with van der Waals surface area (Å²) in [7, 11) is 2.11. The Kier molecular flexibility index (Phi) is 5.40. The van der Waals surface area contributed by atoms with E-state index in [9.17, 15) is 10.1 Å². The predicted molar refractivity (Wildman–Crippen MR) is 85.6 cm³/mol. The minimum Gasteiger partial charge on any atom is -0.371 e. The third-order valence-corrected chi connectivity index (χ3v) is 4.77. The maximum absolute atomic E-state index is 10.9. The third kappa shape index (κ3) is 3.51. The number of nitro groups is 1. The van der Waals surface area contributed by atoms with Crippen molar-refractivity contribution >= 4 is 27.3 Å². The quantitative estimate of drug-likeness (QED) is 0.347. The highest BCUT2D eigenvalue weighted by molar-refractivity contribution is 9.08. The average molecular weight is 341 g/mol. The van der Waals surface area contributed by atoms with Gasteiger partial charge < -0.3 is 4.90 Å². The summed E-state index contributed by atoms with van der Waals surface area (Å²) in [6.45, 7) is 0. The van der Waals surface area contributed by atoms with Gasteiger partial charge in [-0.05, 0) is 24.5 Å². The zero-order valence-electron chi connectivity index (χ0n) is 11.8. The van der Waals surface area contributed by atoms with Crippen LogP contribution in [0.4, 0.5) is 11.4 Å². The number of benzene rings is 1. The van der Waals surface area contributed by atoms with Crippen molar-refractivity contribution in [2.45, 2.75) is 49.9 Å². The second-order valence-electron chi connectivity index (χ2n) is 5.46. The molecule has 1 aromatic rings. The van der Waals surface area contributed by atoms with Crippen molar-refractivity contribution in [2.24, 2.45) is 0 Å². The fraction of sp³-hybridized carbons (Fsp3) is 0.600. The lowest BCUT2D eigenvalue weighted by Crippen LogP contribution is -2.31. The van der Waals surface area contributed by atoms with Gasteiger partial charge in [0.05, 0.1) is 4.92 Å². The van der Waals surface area contributed by atoms with Gasteiger partial charge in [-0.15, -0.1) is 0 Å². The highest BCUT2D eigenvalue weighted by Gasteiger charge is 2.20. The van der Waals surface area contributed by atoms with Crippen LogP contribution in [0.25, 0.3) is 0 Å². The first-order chi connectivity index (χ1) is 9.63. The largest absolute Gasteiger partial charge is 0.371 e. The molecule has 0 spiro atoms. The Labute approximate surface area is 128 Å². The molecule has 0 saturated heterocycles. The highest BCUT2D eigenvalue weighted by Crippen LogP contribution is 2.31. The van der Waals surface area contributed by atoms with Crippen LogP contribution >= 0.6 is 15.9 Å². The van der Waals surface area contributed by atoms with E-state index in [1.165, 1.54) is 38.5 Å². The predicted octanol–water partition coefficient (Wildman–Crippen LogP) is 4.65. The van der Waals surface area contributed by atoms with Crippen LogP contribution in [0.3, 0.4) is 0 Å². The van der Waals surface area contributed by atoms with Gasteiger partial charge in [0.1, 0.15) is 0 Å². The Balaban J connectivity index is 2.23. The normalized spacial score (nSPS) is 16.7. The number of rotatable bonds is 4. The fourth-order valence-corrected chi connectivity index (χ4v) is 3.43. The van der Waals surface area contributed by atoms with E-state index in [1.807, 2.05) is 6.07 Å². The van der Waals surface area contributed by atoms with Crippen LogP contribution in [0, 0.1) is 10.1 Å². The first-order valence-electron chi connectivity index (χ1n) is 7.19. The maximum Gasteiger partial charge on any atom is 0.269 e. The average Bonchev–Trinajstić information content (AvgIpc) is 2.74. The number of nitro benzene ring substituents is 1. The third-order valence-electron chi connectivity index (χ3n) is 4.17. The Morgan fingerprint density at radius 2 is 1.95 bits per heavy atom. The Morgan fingerprint density at radius 1 is 1.30 bits per heavy atom. The van der Waals surface area contributed by atoms with E-state index < -0.39 is 0 Å². The van der Waals surface area contributed by atoms with Gasteiger partial charge in [0.15, 0.2) is 0 Å². The Bertz CT molecular complexity index is 471. The minimum atomic E-state index is -0.332. The van der Waals surface area contributed by atoms with Crippen LogP contribution in [0.5, 0.6) is 0 Å². The highest BCUT2D eigenvalue weighted by atomic mass is 79.9. The summed E-state index contributed by atoms with van der Waals surface area (Å²) in [5.74, 6) is 0. The van der Waals surface area contributed by atoms with E-state index >= 15 is 0 Å². The lowest BCUT2D eigenvalue weighted by molar-refractivity contribution is -0.384. The van der Waals surface area contributed by atoms with Crippen molar-refractivity contribution in [1.29, 1.82) is 0 Å². The van der Waals surface area contributed by atoms with Crippen molar-refractivity contribution in [1.82, 2.24) is 0 Å². The molecule has 2 rings (SSSR count). The van der Waals surface area contributed by atoms with E-state index in [0.717, 1.165) is 11.3 Å². The van der Waals surface area contributed by atoms with Gasteiger partial charge in [0.25, 0.3) is 5.69 Å². The van der Waals surface area contributed by atoms with Crippen molar-refractivity contribution in [3.05, 3.63) is 33.9 Å². The van der Waals surface area contributed by atoms with Gasteiger partial charge in [-0.1, -0.05) is 41.6 Å². The van der Waals surface area contributed by atoms with Gasteiger partial charge in [-0.25, -0.2) is 0 Å². The molecule has 0 aromatic heterocycles. The molecule has 0 heterocycles. The molecule has 0 aliphatic heterocycles. The number of hydrogen-bond donors (Lipinski definition) is 0. The minimum absolute atomic E-state index is 0.164. The number of halogens is 1. The molecule has 0 radical (unpaired) electrons. The van der Waals surface area contributed by atoms with E-state index in [2.05, 4.69) is 27.9 Å². The van der Waals surface area contributed by atoms with Crippen LogP contribution < -0.4 is 4.90 Å². The summed E-state index contributed by atoms with van der Waals surface area (Å²) in [4.78, 5) is 12.9. The topological polar surface area (TPSA) is 46.4 Å². The lowest BCUT2D eigenvalue weighted by Gasteiger charge is -2.30. The molecule has 20 heavy (non-hydrogen) atoms. The molecule has 0 unspecified atom stereocenters. The first kappa shape index (κ1) is 15.3. The van der Waals surface area contributed by atoms with E-state index in [-0.39, 0.29) is 10.6 Å². The number of anilines is 1. The van der Waals surface area contributed by atoms with Crippen molar-refractivity contribution in [3.8, 4) is 0 Å². The SMILES string of the molecule is CN(c1ccc([N+](=O)[O-])cc1CBr)C1CCCCCC1. The molecule has 1 fully saturated rings. The van der Waals surface area contributed by atoms with Gasteiger partial charge in [0.2, 0.25) is 0 Å². The van der Waals surface area contributed by atoms with Crippen LogP contribution in [0.2, 0.25) is 0 Å². The molecule has 110 valence electrons. The zero-order valence-corrected chi connectivity index (χ0v) is 13.4. The summed E-state index contributed by atoms with van der Waals surface area (Å²) >= 11 is 3.45. The molecule has 1 aromatic carbocycles. The summed E-state index contributed by atoms with van der Waals surface area (Å²) < 4.78 is 0. The van der Waals surface area contributed by atoms with E-state index in [1.54, 1.807) is 12.1 Å². The molecule has 4 nitrogen and oxygen atoms in total. The van der Waals surface area contributed by atoms with Gasteiger partial charge in [0, 0.05) is 36.2 Å². The van der Waals surface area contributed by atoms with Crippen molar-refractivity contribution in [3.63, 3.8) is 0 Å². The fourth-order valence-electron chi connectivity index (χ4n) is 2.98. The van der Waals surface area contributed by atoms with Crippen molar-refractivity contribution in [2.75, 3.05) is 11.9 Å². The molecule has 0 amide bonds. The molecule has 1 saturated carbocycles. The standard InChI is InChI=1S/C15H21BrN2O2/c1-17(13-6-4-2-3-5-7-13)15-9-8-14(18(19)20)10-12(15)11-16/h8-10,13H,2-7,11H2,1H3. The summed E-state index contributed by atoms with van der Waals surface area (Å²) in [6, 6.07) is 5.72. The van der Waals surface area contributed by atoms with Crippen LogP contribution in [0.15, 0.2) is 18.2 Å². The maximum atomic E-state index is 10.9. The molecule has 0 N–H and O–H groups in total. The number of nitrogens with zero attached hydrogens (tertiary/aromatic N) is 2.